The van der Waals surface area contributed by atoms with Gasteiger partial charge < -0.3 is 0 Å². The Morgan fingerprint density at radius 1 is 1.40 bits per heavy atom. The number of hydrogen-bond acceptors (Lipinski definition) is 3. The average molecular weight is 133 g/mol. The van der Waals surface area contributed by atoms with E-state index >= 15 is 0 Å². The number of amidine groups is 1. The third kappa shape index (κ3) is 0.719. The standard InChI is InChI=1S/C7H7N3/c1-2-6-10-7(3-1)8-4-5-9-10/h1-6,9H. The number of hydrazine groups is 1. The summed E-state index contributed by atoms with van der Waals surface area (Å²) in [5, 5.41) is 1.85. The van der Waals surface area contributed by atoms with E-state index in [1.807, 2.05) is 29.4 Å². The highest BCUT2D eigenvalue weighted by Gasteiger charge is 2.06. The van der Waals surface area contributed by atoms with Crippen molar-refractivity contribution in [3.63, 3.8) is 0 Å². The molecule has 0 fully saturated rings. The van der Waals surface area contributed by atoms with Crippen molar-refractivity contribution in [2.75, 3.05) is 0 Å². The Balaban J connectivity index is 2.34. The molecule has 2 aliphatic heterocycles. The number of hydrogen-bond donors (Lipinski definition) is 1. The third-order valence-corrected chi connectivity index (χ3v) is 1.33. The molecule has 2 rings (SSSR count). The summed E-state index contributed by atoms with van der Waals surface area (Å²) in [5.74, 6) is 0.921. The molecule has 0 unspecified atom stereocenters. The first-order valence-electron chi connectivity index (χ1n) is 3.10. The van der Waals surface area contributed by atoms with Crippen LogP contribution in [0.5, 0.6) is 0 Å². The highest BCUT2D eigenvalue weighted by Crippen LogP contribution is 2.02. The topological polar surface area (TPSA) is 27.6 Å². The van der Waals surface area contributed by atoms with Crippen molar-refractivity contribution >= 4 is 5.84 Å². The van der Waals surface area contributed by atoms with Crippen molar-refractivity contribution in [2.45, 2.75) is 0 Å². The van der Waals surface area contributed by atoms with E-state index in [4.69, 9.17) is 0 Å². The minimum atomic E-state index is 0.921. The Labute approximate surface area is 59.0 Å². The second-order valence-corrected chi connectivity index (χ2v) is 2.00. The summed E-state index contributed by atoms with van der Waals surface area (Å²) in [5.41, 5.74) is 3.00. The van der Waals surface area contributed by atoms with Gasteiger partial charge in [0.1, 0.15) is 0 Å². The van der Waals surface area contributed by atoms with Crippen LogP contribution in [0.1, 0.15) is 0 Å². The SMILES string of the molecule is C1=CC2=NC=CNN2C=C1. The van der Waals surface area contributed by atoms with Gasteiger partial charge in [0.2, 0.25) is 0 Å². The molecule has 0 atom stereocenters. The molecule has 0 bridgehead atoms. The largest absolute Gasteiger partial charge is 0.299 e. The van der Waals surface area contributed by atoms with Crippen molar-refractivity contribution < 1.29 is 0 Å². The molecule has 0 aromatic rings. The van der Waals surface area contributed by atoms with Gasteiger partial charge in [-0.1, -0.05) is 6.08 Å². The number of rotatable bonds is 0. The molecule has 10 heavy (non-hydrogen) atoms. The van der Waals surface area contributed by atoms with Crippen LogP contribution in [-0.2, 0) is 0 Å². The number of nitrogens with zero attached hydrogens (tertiary/aromatic N) is 2. The van der Waals surface area contributed by atoms with Crippen LogP contribution < -0.4 is 5.43 Å². The van der Waals surface area contributed by atoms with Gasteiger partial charge in [0.15, 0.2) is 5.84 Å². The molecule has 0 aromatic heterocycles. The van der Waals surface area contributed by atoms with E-state index in [0.29, 0.717) is 0 Å². The molecule has 0 spiro atoms. The van der Waals surface area contributed by atoms with Crippen molar-refractivity contribution in [2.24, 2.45) is 4.99 Å². The maximum absolute atomic E-state index is 4.11. The van der Waals surface area contributed by atoms with Crippen molar-refractivity contribution in [3.05, 3.63) is 36.8 Å². The summed E-state index contributed by atoms with van der Waals surface area (Å²) < 4.78 is 0. The Morgan fingerprint density at radius 3 is 3.30 bits per heavy atom. The summed E-state index contributed by atoms with van der Waals surface area (Å²) in [6, 6.07) is 0. The fourth-order valence-electron chi connectivity index (χ4n) is 0.876. The molecule has 2 heterocycles. The fourth-order valence-corrected chi connectivity index (χ4v) is 0.876. The Morgan fingerprint density at radius 2 is 2.40 bits per heavy atom. The maximum Gasteiger partial charge on any atom is 0.151 e. The smallest absolute Gasteiger partial charge is 0.151 e. The van der Waals surface area contributed by atoms with Crippen molar-refractivity contribution in [1.82, 2.24) is 10.4 Å². The second kappa shape index (κ2) is 2.02. The number of fused-ring (bicyclic) bond motifs is 1. The first-order chi connectivity index (χ1) is 4.97. The predicted octanol–water partition coefficient (Wildman–Crippen LogP) is 0.760. The maximum atomic E-state index is 4.11. The molecule has 2 aliphatic rings. The monoisotopic (exact) mass is 133 g/mol. The summed E-state index contributed by atoms with van der Waals surface area (Å²) in [7, 11) is 0. The molecule has 0 amide bonds. The van der Waals surface area contributed by atoms with Crippen molar-refractivity contribution in [1.29, 1.82) is 0 Å². The van der Waals surface area contributed by atoms with Crippen LogP contribution >= 0.6 is 0 Å². The van der Waals surface area contributed by atoms with E-state index < -0.39 is 0 Å². The molecular weight excluding hydrogens is 126 g/mol. The van der Waals surface area contributed by atoms with Gasteiger partial charge in [0.05, 0.1) is 0 Å². The average Bonchev–Trinajstić information content (AvgIpc) is 2.05. The van der Waals surface area contributed by atoms with E-state index in [0.717, 1.165) is 5.84 Å². The van der Waals surface area contributed by atoms with Crippen LogP contribution in [0.4, 0.5) is 0 Å². The zero-order valence-electron chi connectivity index (χ0n) is 5.36. The van der Waals surface area contributed by atoms with Gasteiger partial charge in [-0.05, 0) is 12.2 Å². The normalized spacial score (nSPS) is 20.0. The van der Waals surface area contributed by atoms with Crippen LogP contribution in [0.3, 0.4) is 0 Å². The lowest BCUT2D eigenvalue weighted by Crippen LogP contribution is -2.36. The Kier molecular flexibility index (Phi) is 1.07. The Hall–Kier alpha value is -1.51. The van der Waals surface area contributed by atoms with Gasteiger partial charge in [-0.25, -0.2) is 10.0 Å². The first kappa shape index (κ1) is 5.29. The molecule has 0 aliphatic carbocycles. The first-order valence-corrected chi connectivity index (χ1v) is 3.10. The molecule has 0 radical (unpaired) electrons. The lowest BCUT2D eigenvalue weighted by atomic mass is 10.3. The van der Waals surface area contributed by atoms with Gasteiger partial charge in [-0.2, -0.15) is 0 Å². The summed E-state index contributed by atoms with van der Waals surface area (Å²) in [4.78, 5) is 4.11. The van der Waals surface area contributed by atoms with E-state index in [1.54, 1.807) is 12.4 Å². The van der Waals surface area contributed by atoms with Crippen molar-refractivity contribution in [3.8, 4) is 0 Å². The lowest BCUT2D eigenvalue weighted by molar-refractivity contribution is 0.473. The van der Waals surface area contributed by atoms with Gasteiger partial charge in [0.25, 0.3) is 0 Å². The molecule has 1 N–H and O–H groups in total. The summed E-state index contributed by atoms with van der Waals surface area (Å²) in [6.45, 7) is 0. The minimum Gasteiger partial charge on any atom is -0.299 e. The molecular formula is C7H7N3. The van der Waals surface area contributed by atoms with Crippen LogP contribution in [0.25, 0.3) is 0 Å². The number of aliphatic imine (C=N–C) groups is 1. The number of allylic oxidation sites excluding steroid dienone is 2. The molecule has 3 heteroatoms. The Bertz CT molecular complexity index is 248. The van der Waals surface area contributed by atoms with E-state index in [-0.39, 0.29) is 0 Å². The number of nitrogens with one attached hydrogen (secondary N) is 1. The summed E-state index contributed by atoms with van der Waals surface area (Å²) in [6.07, 6.45) is 11.3. The fraction of sp³-hybridized carbons (Fsp3) is 0. The molecule has 0 saturated carbocycles. The van der Waals surface area contributed by atoms with Gasteiger partial charge in [0, 0.05) is 18.6 Å². The van der Waals surface area contributed by atoms with Gasteiger partial charge in [-0.3, -0.25) is 5.43 Å². The van der Waals surface area contributed by atoms with Crippen LogP contribution in [0, 0.1) is 0 Å². The second-order valence-electron chi connectivity index (χ2n) is 2.00. The minimum absolute atomic E-state index is 0.921. The zero-order valence-corrected chi connectivity index (χ0v) is 5.36. The highest BCUT2D eigenvalue weighted by atomic mass is 15.5. The van der Waals surface area contributed by atoms with Crippen LogP contribution in [0.2, 0.25) is 0 Å². The molecule has 0 aromatic carbocycles. The zero-order chi connectivity index (χ0) is 6.81. The van der Waals surface area contributed by atoms with E-state index in [1.165, 1.54) is 0 Å². The highest BCUT2D eigenvalue weighted by molar-refractivity contribution is 5.95. The van der Waals surface area contributed by atoms with E-state index in [2.05, 4.69) is 10.4 Å². The predicted molar refractivity (Wildman–Crippen MR) is 39.8 cm³/mol. The van der Waals surface area contributed by atoms with Crippen LogP contribution in [0.15, 0.2) is 41.8 Å². The van der Waals surface area contributed by atoms with Gasteiger partial charge in [-0.15, -0.1) is 0 Å². The molecule has 3 nitrogen and oxygen atoms in total. The molecule has 0 saturated heterocycles. The van der Waals surface area contributed by atoms with Crippen LogP contribution in [-0.4, -0.2) is 10.8 Å². The molecule has 50 valence electrons. The third-order valence-electron chi connectivity index (χ3n) is 1.33. The lowest BCUT2D eigenvalue weighted by Gasteiger charge is -2.23. The summed E-state index contributed by atoms with van der Waals surface area (Å²) >= 11 is 0. The quantitative estimate of drug-likeness (QED) is 0.528. The van der Waals surface area contributed by atoms with Gasteiger partial charge >= 0.3 is 0 Å². The van der Waals surface area contributed by atoms with E-state index in [9.17, 15) is 0 Å².